The molecule has 0 bridgehead atoms. The van der Waals surface area contributed by atoms with E-state index in [-0.39, 0.29) is 0 Å². The zero-order valence-corrected chi connectivity index (χ0v) is 8.89. The van der Waals surface area contributed by atoms with Crippen LogP contribution >= 0.6 is 0 Å². The van der Waals surface area contributed by atoms with Gasteiger partial charge in [-0.15, -0.1) is 0 Å². The highest BCUT2D eigenvalue weighted by Gasteiger charge is 2.48. The van der Waals surface area contributed by atoms with Crippen molar-refractivity contribution in [3.8, 4) is 0 Å². The predicted molar refractivity (Wildman–Crippen MR) is 47.0 cm³/mol. The van der Waals surface area contributed by atoms with Gasteiger partial charge in [-0.2, -0.15) is 8.42 Å². The summed E-state index contributed by atoms with van der Waals surface area (Å²) in [6, 6.07) is 0. The van der Waals surface area contributed by atoms with E-state index in [1.807, 2.05) is 0 Å². The maximum absolute atomic E-state index is 10.6. The van der Waals surface area contributed by atoms with E-state index in [0.717, 1.165) is 0 Å². The number of aliphatic hydroxyl groups excluding tert-OH is 3. The number of hydrogen-bond donors (Lipinski definition) is 5. The van der Waals surface area contributed by atoms with Crippen LogP contribution in [-0.4, -0.2) is 70.1 Å². The molecule has 1 heterocycles. The lowest BCUT2D eigenvalue weighted by molar-refractivity contribution is -0.271. The van der Waals surface area contributed by atoms with E-state index in [1.54, 1.807) is 0 Å². The van der Waals surface area contributed by atoms with Crippen LogP contribution in [0.2, 0.25) is 0 Å². The molecule has 10 nitrogen and oxygen atoms in total. The van der Waals surface area contributed by atoms with Crippen LogP contribution in [0.25, 0.3) is 0 Å². The van der Waals surface area contributed by atoms with Crippen molar-refractivity contribution in [1.82, 2.24) is 0 Å². The van der Waals surface area contributed by atoms with Crippen LogP contribution in [0.15, 0.2) is 0 Å². The predicted octanol–water partition coefficient (Wildman–Crippen LogP) is -3.30. The van der Waals surface area contributed by atoms with Gasteiger partial charge in [0, 0.05) is 0 Å². The lowest BCUT2D eigenvalue weighted by Crippen LogP contribution is -2.60. The van der Waals surface area contributed by atoms with Gasteiger partial charge in [0.05, 0.1) is 0 Å². The SMILES string of the molecule is O=C(O)[C@H]1O[C@@H](OS(=O)(=O)O)[C@H](O)[C@@H](O)[C@@H]1O. The molecule has 1 aliphatic heterocycles. The van der Waals surface area contributed by atoms with E-state index in [9.17, 15) is 28.5 Å². The summed E-state index contributed by atoms with van der Waals surface area (Å²) in [5.41, 5.74) is 0. The van der Waals surface area contributed by atoms with Gasteiger partial charge in [-0.1, -0.05) is 0 Å². The maximum Gasteiger partial charge on any atom is 0.399 e. The van der Waals surface area contributed by atoms with Crippen LogP contribution < -0.4 is 0 Å². The lowest BCUT2D eigenvalue weighted by Gasteiger charge is -2.37. The molecule has 1 rings (SSSR count). The molecule has 1 fully saturated rings. The first-order chi connectivity index (χ1) is 7.63. The van der Waals surface area contributed by atoms with Crippen LogP contribution in [0.4, 0.5) is 0 Å². The number of carboxylic acids is 1. The van der Waals surface area contributed by atoms with Crippen molar-refractivity contribution < 1.29 is 47.1 Å². The van der Waals surface area contributed by atoms with E-state index in [4.69, 9.17) is 9.66 Å². The van der Waals surface area contributed by atoms with Gasteiger partial charge >= 0.3 is 16.4 Å². The third-order valence-electron chi connectivity index (χ3n) is 2.03. The first-order valence-corrected chi connectivity index (χ1v) is 5.58. The van der Waals surface area contributed by atoms with Gasteiger partial charge in [0.2, 0.25) is 6.29 Å². The Balaban J connectivity index is 2.89. The fourth-order valence-corrected chi connectivity index (χ4v) is 1.65. The van der Waals surface area contributed by atoms with Crippen LogP contribution in [-0.2, 0) is 24.1 Å². The summed E-state index contributed by atoms with van der Waals surface area (Å²) >= 11 is 0. The number of aliphatic hydroxyl groups is 3. The summed E-state index contributed by atoms with van der Waals surface area (Å²) in [4.78, 5) is 10.6. The topological polar surface area (TPSA) is 171 Å². The zero-order valence-electron chi connectivity index (χ0n) is 8.07. The first-order valence-electron chi connectivity index (χ1n) is 4.21. The molecule has 0 aliphatic carbocycles. The molecule has 0 unspecified atom stereocenters. The van der Waals surface area contributed by atoms with E-state index < -0.39 is 47.1 Å². The number of carboxylic acid groups (broad SMARTS) is 1. The molecule has 0 amide bonds. The van der Waals surface area contributed by atoms with Crippen molar-refractivity contribution in [1.29, 1.82) is 0 Å². The Hall–Kier alpha value is -0.820. The molecule has 5 atom stereocenters. The average Bonchev–Trinajstić information content (AvgIpc) is 2.16. The van der Waals surface area contributed by atoms with Crippen molar-refractivity contribution >= 4 is 16.4 Å². The molecule has 0 aromatic heterocycles. The minimum Gasteiger partial charge on any atom is -0.479 e. The Bertz CT molecular complexity index is 390. The minimum atomic E-state index is -5.02. The molecular weight excluding hydrogens is 264 g/mol. The maximum atomic E-state index is 10.6. The summed E-state index contributed by atoms with van der Waals surface area (Å²) in [7, 11) is -5.02. The summed E-state index contributed by atoms with van der Waals surface area (Å²) in [6.45, 7) is 0. The van der Waals surface area contributed by atoms with Crippen molar-refractivity contribution in [3.05, 3.63) is 0 Å². The average molecular weight is 274 g/mol. The molecule has 0 aromatic carbocycles. The molecule has 17 heavy (non-hydrogen) atoms. The second-order valence-corrected chi connectivity index (χ2v) is 4.31. The van der Waals surface area contributed by atoms with Gasteiger partial charge in [0.15, 0.2) is 6.10 Å². The number of rotatable bonds is 3. The highest BCUT2D eigenvalue weighted by Crippen LogP contribution is 2.23. The van der Waals surface area contributed by atoms with Crippen LogP contribution in [0.5, 0.6) is 0 Å². The van der Waals surface area contributed by atoms with E-state index >= 15 is 0 Å². The lowest BCUT2D eigenvalue weighted by atomic mass is 9.99. The van der Waals surface area contributed by atoms with Gasteiger partial charge in [0.25, 0.3) is 0 Å². The van der Waals surface area contributed by atoms with Gasteiger partial charge in [-0.05, 0) is 0 Å². The number of ether oxygens (including phenoxy) is 1. The van der Waals surface area contributed by atoms with Crippen LogP contribution in [0, 0.1) is 0 Å². The van der Waals surface area contributed by atoms with Gasteiger partial charge < -0.3 is 25.2 Å². The zero-order chi connectivity index (χ0) is 13.4. The normalized spacial score (nSPS) is 38.9. The van der Waals surface area contributed by atoms with Crippen LogP contribution in [0.3, 0.4) is 0 Å². The van der Waals surface area contributed by atoms with E-state index in [1.165, 1.54) is 0 Å². The second kappa shape index (κ2) is 4.81. The van der Waals surface area contributed by atoms with E-state index in [0.29, 0.717) is 0 Å². The van der Waals surface area contributed by atoms with Crippen molar-refractivity contribution in [2.75, 3.05) is 0 Å². The van der Waals surface area contributed by atoms with Gasteiger partial charge in [0.1, 0.15) is 18.3 Å². The molecule has 100 valence electrons. The molecule has 0 spiro atoms. The Morgan fingerprint density at radius 2 is 1.65 bits per heavy atom. The minimum absolute atomic E-state index is 1.70. The standard InChI is InChI=1S/C6H10O10S/c7-1-2(8)4(5(10)11)15-6(3(1)9)16-17(12,13)14/h1-4,6-9H,(H,10,11)(H,12,13,14)/t1-,2-,3+,4-,6-/m0/s1. The summed E-state index contributed by atoms with van der Waals surface area (Å²) < 4.78 is 37.3. The summed E-state index contributed by atoms with van der Waals surface area (Å²) in [5.74, 6) is -1.70. The van der Waals surface area contributed by atoms with Crippen molar-refractivity contribution in [3.63, 3.8) is 0 Å². The number of aliphatic carboxylic acids is 1. The Kier molecular flexibility index (Phi) is 4.03. The first kappa shape index (κ1) is 14.2. The highest BCUT2D eigenvalue weighted by molar-refractivity contribution is 7.80. The van der Waals surface area contributed by atoms with Crippen molar-refractivity contribution in [2.24, 2.45) is 0 Å². The molecule has 1 aliphatic rings. The largest absolute Gasteiger partial charge is 0.479 e. The molecular formula is C6H10O10S. The van der Waals surface area contributed by atoms with Gasteiger partial charge in [-0.25, -0.2) is 8.98 Å². The molecule has 5 N–H and O–H groups in total. The molecule has 0 aromatic rings. The Morgan fingerprint density at radius 3 is 2.06 bits per heavy atom. The quantitative estimate of drug-likeness (QED) is 0.328. The third-order valence-corrected chi connectivity index (χ3v) is 2.46. The molecule has 1 saturated heterocycles. The van der Waals surface area contributed by atoms with Crippen molar-refractivity contribution in [2.45, 2.75) is 30.7 Å². The number of carbonyl (C=O) groups is 1. The second-order valence-electron chi connectivity index (χ2n) is 3.26. The number of hydrogen-bond acceptors (Lipinski definition) is 8. The van der Waals surface area contributed by atoms with E-state index in [2.05, 4.69) is 8.92 Å². The highest BCUT2D eigenvalue weighted by atomic mass is 32.3. The fraction of sp³-hybridized carbons (Fsp3) is 0.833. The third kappa shape index (κ3) is 3.32. The Morgan fingerprint density at radius 1 is 1.12 bits per heavy atom. The molecule has 0 radical (unpaired) electrons. The fourth-order valence-electron chi connectivity index (χ4n) is 1.25. The molecule has 11 heteroatoms. The summed E-state index contributed by atoms with van der Waals surface area (Å²) in [5, 5.41) is 36.3. The Labute approximate surface area is 95.0 Å². The molecule has 0 saturated carbocycles. The monoisotopic (exact) mass is 274 g/mol. The summed E-state index contributed by atoms with van der Waals surface area (Å²) in [6.07, 6.45) is -10.1. The smallest absolute Gasteiger partial charge is 0.399 e. The van der Waals surface area contributed by atoms with Gasteiger partial charge in [-0.3, -0.25) is 4.55 Å². The van der Waals surface area contributed by atoms with Crippen LogP contribution in [0.1, 0.15) is 0 Å².